The molecule has 0 aromatic carbocycles. The maximum Gasteiger partial charge on any atom is 0.308 e. The van der Waals surface area contributed by atoms with Crippen molar-refractivity contribution in [3.05, 3.63) is 0 Å². The fourth-order valence-electron chi connectivity index (χ4n) is 1.50. The van der Waals surface area contributed by atoms with Crippen molar-refractivity contribution in [2.45, 2.75) is 72.0 Å². The molecule has 0 N–H and O–H groups in total. The molecule has 0 bridgehead atoms. The van der Waals surface area contributed by atoms with Gasteiger partial charge in [0.2, 0.25) is 0 Å². The van der Waals surface area contributed by atoms with Gasteiger partial charge in [-0.15, -0.1) is 0 Å². The summed E-state index contributed by atoms with van der Waals surface area (Å²) in [5.74, 6) is -0.0689. The number of hydrogen-bond acceptors (Lipinski definition) is 3. The molecule has 3 nitrogen and oxygen atoms in total. The molecule has 1 atom stereocenters. The lowest BCUT2D eigenvalue weighted by Gasteiger charge is -2.36. The molecular weight excluding hydrogens is 256 g/mol. The first-order valence-corrected chi connectivity index (χ1v) is 10.3. The summed E-state index contributed by atoms with van der Waals surface area (Å²) in [6.07, 6.45) is 2.94. The summed E-state index contributed by atoms with van der Waals surface area (Å²) in [6, 6.07) is 0. The molecule has 0 heterocycles. The van der Waals surface area contributed by atoms with Crippen molar-refractivity contribution in [3.63, 3.8) is 0 Å². The molecule has 0 aromatic rings. The van der Waals surface area contributed by atoms with Gasteiger partial charge in [0.25, 0.3) is 0 Å². The molecule has 0 saturated carbocycles. The van der Waals surface area contributed by atoms with Crippen LogP contribution in [-0.2, 0) is 14.0 Å². The highest BCUT2D eigenvalue weighted by atomic mass is 28.4. The molecule has 114 valence electrons. The van der Waals surface area contributed by atoms with Crippen LogP contribution in [0.15, 0.2) is 0 Å². The van der Waals surface area contributed by atoms with E-state index in [0.717, 1.165) is 25.9 Å². The molecule has 0 aliphatic carbocycles. The average molecular weight is 289 g/mol. The van der Waals surface area contributed by atoms with Crippen molar-refractivity contribution in [2.75, 3.05) is 13.2 Å². The summed E-state index contributed by atoms with van der Waals surface area (Å²) in [7, 11) is -1.61. The first-order chi connectivity index (χ1) is 8.62. The van der Waals surface area contributed by atoms with Crippen LogP contribution in [-0.4, -0.2) is 27.5 Å². The van der Waals surface area contributed by atoms with Crippen LogP contribution in [0.25, 0.3) is 0 Å². The third kappa shape index (κ3) is 7.11. The van der Waals surface area contributed by atoms with Gasteiger partial charge in [-0.05, 0) is 37.9 Å². The summed E-state index contributed by atoms with van der Waals surface area (Å²) in [6.45, 7) is 16.4. The second-order valence-electron chi connectivity index (χ2n) is 6.76. The molecule has 4 heteroatoms. The van der Waals surface area contributed by atoms with E-state index in [-0.39, 0.29) is 16.9 Å². The van der Waals surface area contributed by atoms with E-state index < -0.39 is 8.32 Å². The van der Waals surface area contributed by atoms with Gasteiger partial charge in [0, 0.05) is 6.61 Å². The van der Waals surface area contributed by atoms with E-state index in [1.807, 2.05) is 13.8 Å². The first kappa shape index (κ1) is 18.6. The second-order valence-corrected chi connectivity index (χ2v) is 11.6. The van der Waals surface area contributed by atoms with Crippen LogP contribution in [0.2, 0.25) is 18.1 Å². The molecular formula is C15H32O3Si. The van der Waals surface area contributed by atoms with E-state index in [9.17, 15) is 4.79 Å². The summed E-state index contributed by atoms with van der Waals surface area (Å²) in [4.78, 5) is 11.5. The lowest BCUT2D eigenvalue weighted by Crippen LogP contribution is -2.40. The van der Waals surface area contributed by atoms with Gasteiger partial charge in [-0.25, -0.2) is 0 Å². The van der Waals surface area contributed by atoms with Gasteiger partial charge in [0.15, 0.2) is 8.32 Å². The van der Waals surface area contributed by atoms with Crippen molar-refractivity contribution >= 4 is 14.3 Å². The fourth-order valence-corrected chi connectivity index (χ4v) is 2.59. The Labute approximate surface area is 120 Å². The van der Waals surface area contributed by atoms with Crippen molar-refractivity contribution in [2.24, 2.45) is 5.92 Å². The highest BCUT2D eigenvalue weighted by Gasteiger charge is 2.36. The third-order valence-electron chi connectivity index (χ3n) is 3.99. The Hall–Kier alpha value is -0.353. The Morgan fingerprint density at radius 2 is 1.79 bits per heavy atom. The van der Waals surface area contributed by atoms with Crippen LogP contribution < -0.4 is 0 Å². The van der Waals surface area contributed by atoms with E-state index in [0.29, 0.717) is 6.61 Å². The van der Waals surface area contributed by atoms with Crippen LogP contribution >= 0.6 is 0 Å². The molecule has 0 aromatic heterocycles. The average Bonchev–Trinajstić information content (AvgIpc) is 2.26. The second kappa shape index (κ2) is 8.05. The van der Waals surface area contributed by atoms with E-state index >= 15 is 0 Å². The first-order valence-electron chi connectivity index (χ1n) is 7.42. The Balaban J connectivity index is 3.80. The van der Waals surface area contributed by atoms with Gasteiger partial charge < -0.3 is 9.16 Å². The van der Waals surface area contributed by atoms with E-state index in [1.165, 1.54) is 0 Å². The molecule has 0 spiro atoms. The smallest absolute Gasteiger partial charge is 0.308 e. The van der Waals surface area contributed by atoms with Gasteiger partial charge in [-0.3, -0.25) is 4.79 Å². The van der Waals surface area contributed by atoms with Gasteiger partial charge in [0.1, 0.15) is 0 Å². The molecule has 0 unspecified atom stereocenters. The topological polar surface area (TPSA) is 35.5 Å². The Bertz CT molecular complexity index is 269. The quantitative estimate of drug-likeness (QED) is 0.378. The molecule has 0 rings (SSSR count). The number of rotatable bonds is 8. The van der Waals surface area contributed by atoms with Crippen LogP contribution in [0.3, 0.4) is 0 Å². The maximum atomic E-state index is 11.5. The zero-order valence-corrected chi connectivity index (χ0v) is 14.8. The van der Waals surface area contributed by atoms with Crippen molar-refractivity contribution in [1.29, 1.82) is 0 Å². The molecule has 0 aliphatic heterocycles. The maximum absolute atomic E-state index is 11.5. The summed E-state index contributed by atoms with van der Waals surface area (Å²) >= 11 is 0. The molecule has 0 amide bonds. The predicted octanol–water partition coefficient (Wildman–Crippen LogP) is 4.38. The highest BCUT2D eigenvalue weighted by Crippen LogP contribution is 2.36. The van der Waals surface area contributed by atoms with Crippen molar-refractivity contribution in [3.8, 4) is 0 Å². The zero-order valence-electron chi connectivity index (χ0n) is 13.8. The normalized spacial score (nSPS) is 14.3. The number of esters is 1. The monoisotopic (exact) mass is 288 g/mol. The number of unbranched alkanes of at least 4 members (excludes halogenated alkanes) is 1. The number of carbonyl (C=O) groups is 1. The zero-order chi connectivity index (χ0) is 15.1. The lowest BCUT2D eigenvalue weighted by atomic mass is 10.0. The van der Waals surface area contributed by atoms with E-state index in [4.69, 9.17) is 9.16 Å². The van der Waals surface area contributed by atoms with Crippen LogP contribution in [0.5, 0.6) is 0 Å². The van der Waals surface area contributed by atoms with E-state index in [1.54, 1.807) is 0 Å². The summed E-state index contributed by atoms with van der Waals surface area (Å²) < 4.78 is 11.1. The Morgan fingerprint density at radius 1 is 1.21 bits per heavy atom. The van der Waals surface area contributed by atoms with Crippen LogP contribution in [0.4, 0.5) is 0 Å². The Morgan fingerprint density at radius 3 is 2.26 bits per heavy atom. The van der Waals surface area contributed by atoms with Gasteiger partial charge in [-0.2, -0.15) is 0 Å². The summed E-state index contributed by atoms with van der Waals surface area (Å²) in [5.41, 5.74) is 0. The predicted molar refractivity (Wildman–Crippen MR) is 82.8 cm³/mol. The van der Waals surface area contributed by atoms with Gasteiger partial charge >= 0.3 is 5.97 Å². The largest absolute Gasteiger partial charge is 0.466 e. The minimum absolute atomic E-state index is 0.00724. The van der Waals surface area contributed by atoms with E-state index in [2.05, 4.69) is 33.9 Å². The molecule has 0 aliphatic rings. The van der Waals surface area contributed by atoms with Crippen molar-refractivity contribution < 1.29 is 14.0 Å². The minimum Gasteiger partial charge on any atom is -0.466 e. The number of ether oxygens (including phenoxy) is 1. The highest BCUT2D eigenvalue weighted by molar-refractivity contribution is 6.74. The van der Waals surface area contributed by atoms with Gasteiger partial charge in [0.05, 0.1) is 12.5 Å². The number of hydrogen-bond donors (Lipinski definition) is 0. The molecule has 0 radical (unpaired) electrons. The summed E-state index contributed by atoms with van der Waals surface area (Å²) in [5, 5.41) is 0.269. The van der Waals surface area contributed by atoms with Crippen LogP contribution in [0.1, 0.15) is 53.9 Å². The van der Waals surface area contributed by atoms with Crippen LogP contribution in [0, 0.1) is 5.92 Å². The molecule has 0 fully saturated rings. The minimum atomic E-state index is -1.61. The van der Waals surface area contributed by atoms with Crippen molar-refractivity contribution in [1.82, 2.24) is 0 Å². The fraction of sp³-hybridized carbons (Fsp3) is 0.933. The SMILES string of the molecule is CCOC(=O)[C@H](C)CCCCO[Si](C)(C)C(C)(C)C. The lowest BCUT2D eigenvalue weighted by molar-refractivity contribution is -0.147. The standard InChI is InChI=1S/C15H32O3Si/c1-8-17-14(16)13(2)11-9-10-12-18-19(6,7)15(3,4)5/h13H,8-12H2,1-7H3/t13-/m1/s1. The van der Waals surface area contributed by atoms with Gasteiger partial charge in [-0.1, -0.05) is 34.1 Å². The molecule has 19 heavy (non-hydrogen) atoms. The molecule has 0 saturated heterocycles. The third-order valence-corrected chi connectivity index (χ3v) is 8.53. The number of carbonyl (C=O) groups excluding carboxylic acids is 1. The Kier molecular flexibility index (Phi) is 7.90.